The van der Waals surface area contributed by atoms with E-state index in [4.69, 9.17) is 4.74 Å². The van der Waals surface area contributed by atoms with Gasteiger partial charge in [0, 0.05) is 25.3 Å². The quantitative estimate of drug-likeness (QED) is 0.759. The Bertz CT molecular complexity index is 944. The van der Waals surface area contributed by atoms with E-state index >= 15 is 0 Å². The topological polar surface area (TPSA) is 87.7 Å². The van der Waals surface area contributed by atoms with Crippen LogP contribution in [0.3, 0.4) is 0 Å². The maximum absolute atomic E-state index is 13.3. The maximum atomic E-state index is 13.3. The van der Waals surface area contributed by atoms with Gasteiger partial charge in [-0.3, -0.25) is 9.69 Å². The summed E-state index contributed by atoms with van der Waals surface area (Å²) in [5.41, 5.74) is 2.30. The Morgan fingerprint density at radius 2 is 1.76 bits per heavy atom. The number of nitrogens with one attached hydrogen (secondary N) is 1. The van der Waals surface area contributed by atoms with Crippen molar-refractivity contribution < 1.29 is 14.3 Å². The normalized spacial score (nSPS) is 19.4. The average Bonchev–Trinajstić information content (AvgIpc) is 3.35. The van der Waals surface area contributed by atoms with E-state index in [1.807, 2.05) is 39.0 Å². The molecule has 0 radical (unpaired) electrons. The smallest absolute Gasteiger partial charge is 0.410 e. The summed E-state index contributed by atoms with van der Waals surface area (Å²) in [4.78, 5) is 29.2. The van der Waals surface area contributed by atoms with Gasteiger partial charge in [0.25, 0.3) is 0 Å². The highest BCUT2D eigenvalue weighted by Crippen LogP contribution is 2.33. The average molecular weight is 452 g/mol. The van der Waals surface area contributed by atoms with E-state index in [1.165, 1.54) is 5.56 Å². The predicted octanol–water partition coefficient (Wildman–Crippen LogP) is 3.87. The van der Waals surface area contributed by atoms with Gasteiger partial charge in [0.2, 0.25) is 5.91 Å². The van der Waals surface area contributed by atoms with E-state index in [0.29, 0.717) is 25.6 Å². The zero-order chi connectivity index (χ0) is 23.4. The molecule has 33 heavy (non-hydrogen) atoms. The first-order chi connectivity index (χ1) is 15.8. The van der Waals surface area contributed by atoms with E-state index in [9.17, 15) is 9.59 Å². The number of likely N-dealkylation sites (tertiary alicyclic amines) is 1. The molecule has 1 unspecified atom stereocenters. The highest BCUT2D eigenvalue weighted by atomic mass is 16.6. The Morgan fingerprint density at radius 3 is 2.33 bits per heavy atom. The molecule has 1 aromatic heterocycles. The van der Waals surface area contributed by atoms with Crippen LogP contribution in [0.1, 0.15) is 51.5 Å². The van der Waals surface area contributed by atoms with Gasteiger partial charge >= 0.3 is 6.09 Å². The third-order valence-corrected chi connectivity index (χ3v) is 6.23. The van der Waals surface area contributed by atoms with Crippen molar-refractivity contribution in [3.63, 3.8) is 0 Å². The fraction of sp³-hybridized carbons (Fsp3) is 0.520. The summed E-state index contributed by atoms with van der Waals surface area (Å²) >= 11 is 0. The van der Waals surface area contributed by atoms with Crippen LogP contribution in [0.4, 0.5) is 16.2 Å². The van der Waals surface area contributed by atoms with Gasteiger partial charge < -0.3 is 15.0 Å². The molecule has 0 bridgehead atoms. The molecule has 1 N–H and O–H groups in total. The summed E-state index contributed by atoms with van der Waals surface area (Å²) in [7, 11) is 0. The number of amides is 2. The molecule has 4 rings (SSSR count). The molecule has 2 amide bonds. The molecule has 8 nitrogen and oxygen atoms in total. The largest absolute Gasteiger partial charge is 0.444 e. The number of nitrogens with zero attached hydrogens (tertiary/aromatic N) is 4. The summed E-state index contributed by atoms with van der Waals surface area (Å²) in [6.45, 7) is 8.59. The lowest BCUT2D eigenvalue weighted by atomic mass is 9.89. The summed E-state index contributed by atoms with van der Waals surface area (Å²) in [5.74, 6) is 0.407. The van der Waals surface area contributed by atoms with Crippen LogP contribution >= 0.6 is 0 Å². The minimum absolute atomic E-state index is 0.0463. The highest BCUT2D eigenvalue weighted by molar-refractivity contribution is 6.01. The summed E-state index contributed by atoms with van der Waals surface area (Å²) in [6.07, 6.45) is 5.61. The summed E-state index contributed by atoms with van der Waals surface area (Å²) in [5, 5.41) is 11.1. The number of carbonyl (C=O) groups excluding carboxylic acids is 2. The van der Waals surface area contributed by atoms with Gasteiger partial charge in [-0.25, -0.2) is 4.79 Å². The molecule has 3 heterocycles. The zero-order valence-corrected chi connectivity index (χ0v) is 19.7. The van der Waals surface area contributed by atoms with Crippen molar-refractivity contribution in [1.29, 1.82) is 0 Å². The first kappa shape index (κ1) is 23.2. The van der Waals surface area contributed by atoms with Gasteiger partial charge in [0.05, 0.1) is 24.0 Å². The standard InChI is InChI=1S/C25H33N5O3/c1-25(2,3)33-24(32)29-14-10-19(11-15-29)18-4-6-21(7-5-18)30(22-9-13-27-28-17-22)23(31)20-8-12-26-16-20/h4-7,9,13,17,19-20,26H,8,10-12,14-16H2,1-3H3. The van der Waals surface area contributed by atoms with Gasteiger partial charge in [-0.1, -0.05) is 12.1 Å². The van der Waals surface area contributed by atoms with Crippen molar-refractivity contribution in [2.24, 2.45) is 5.92 Å². The number of aromatic nitrogens is 2. The second-order valence-electron chi connectivity index (χ2n) is 9.80. The summed E-state index contributed by atoms with van der Waals surface area (Å²) < 4.78 is 5.50. The fourth-order valence-corrected chi connectivity index (χ4v) is 4.48. The number of piperidine rings is 1. The minimum Gasteiger partial charge on any atom is -0.444 e. The van der Waals surface area contributed by atoms with Crippen molar-refractivity contribution >= 4 is 23.4 Å². The lowest BCUT2D eigenvalue weighted by molar-refractivity contribution is -0.121. The fourth-order valence-electron chi connectivity index (χ4n) is 4.48. The van der Waals surface area contributed by atoms with Gasteiger partial charge in [-0.2, -0.15) is 10.2 Å². The van der Waals surface area contributed by atoms with E-state index in [-0.39, 0.29) is 17.9 Å². The van der Waals surface area contributed by atoms with Crippen molar-refractivity contribution in [2.45, 2.75) is 51.6 Å². The van der Waals surface area contributed by atoms with E-state index in [1.54, 1.807) is 22.2 Å². The third-order valence-electron chi connectivity index (χ3n) is 6.23. The molecule has 2 aliphatic rings. The van der Waals surface area contributed by atoms with Crippen LogP contribution in [-0.2, 0) is 9.53 Å². The molecule has 0 saturated carbocycles. The Hall–Kier alpha value is -3.00. The van der Waals surface area contributed by atoms with Gasteiger partial charge in [-0.05, 0) is 76.3 Å². The van der Waals surface area contributed by atoms with Crippen molar-refractivity contribution in [2.75, 3.05) is 31.1 Å². The molecule has 2 saturated heterocycles. The van der Waals surface area contributed by atoms with E-state index < -0.39 is 5.60 Å². The number of hydrogen-bond donors (Lipinski definition) is 1. The summed E-state index contributed by atoms with van der Waals surface area (Å²) in [6, 6.07) is 10.0. The molecular formula is C25H33N5O3. The van der Waals surface area contributed by atoms with Crippen LogP contribution < -0.4 is 10.2 Å². The highest BCUT2D eigenvalue weighted by Gasteiger charge is 2.30. The lowest BCUT2D eigenvalue weighted by Gasteiger charge is -2.33. The molecule has 176 valence electrons. The Kier molecular flexibility index (Phi) is 6.93. The predicted molar refractivity (Wildman–Crippen MR) is 126 cm³/mol. The lowest BCUT2D eigenvalue weighted by Crippen LogP contribution is -2.41. The number of hydrogen-bond acceptors (Lipinski definition) is 6. The number of rotatable bonds is 4. The number of carbonyl (C=O) groups is 2. The van der Waals surface area contributed by atoms with Crippen LogP contribution in [0.2, 0.25) is 0 Å². The van der Waals surface area contributed by atoms with Crippen molar-refractivity contribution in [3.05, 3.63) is 48.3 Å². The molecule has 0 spiro atoms. The molecule has 1 atom stereocenters. The van der Waals surface area contributed by atoms with Gasteiger partial charge in [0.1, 0.15) is 5.60 Å². The number of benzene rings is 1. The maximum Gasteiger partial charge on any atom is 0.410 e. The molecule has 2 fully saturated rings. The molecule has 2 aliphatic heterocycles. The number of anilines is 2. The number of ether oxygens (including phenoxy) is 1. The molecule has 2 aromatic rings. The molecule has 1 aromatic carbocycles. The Balaban J connectivity index is 1.45. The SMILES string of the molecule is CC(C)(C)OC(=O)N1CCC(c2ccc(N(C(=O)C3CCNC3)c3ccnnc3)cc2)CC1. The van der Waals surface area contributed by atoms with Crippen LogP contribution in [0.5, 0.6) is 0 Å². The van der Waals surface area contributed by atoms with Crippen molar-refractivity contribution in [3.8, 4) is 0 Å². The van der Waals surface area contributed by atoms with Gasteiger partial charge in [0.15, 0.2) is 0 Å². The second-order valence-corrected chi connectivity index (χ2v) is 9.80. The molecule has 8 heteroatoms. The minimum atomic E-state index is -0.480. The van der Waals surface area contributed by atoms with E-state index in [2.05, 4.69) is 27.6 Å². The zero-order valence-electron chi connectivity index (χ0n) is 19.7. The van der Waals surface area contributed by atoms with Crippen LogP contribution in [0.15, 0.2) is 42.7 Å². The van der Waals surface area contributed by atoms with Crippen LogP contribution in [0.25, 0.3) is 0 Å². The van der Waals surface area contributed by atoms with Crippen LogP contribution in [-0.4, -0.2) is 58.9 Å². The van der Waals surface area contributed by atoms with Crippen molar-refractivity contribution in [1.82, 2.24) is 20.4 Å². The monoisotopic (exact) mass is 451 g/mol. The molecular weight excluding hydrogens is 418 g/mol. The second kappa shape index (κ2) is 9.87. The van der Waals surface area contributed by atoms with Crippen LogP contribution in [0, 0.1) is 5.92 Å². The Morgan fingerprint density at radius 1 is 1.03 bits per heavy atom. The van der Waals surface area contributed by atoms with E-state index in [0.717, 1.165) is 37.2 Å². The Labute approximate surface area is 195 Å². The molecule has 0 aliphatic carbocycles. The van der Waals surface area contributed by atoms with Gasteiger partial charge in [-0.15, -0.1) is 0 Å². The first-order valence-electron chi connectivity index (χ1n) is 11.7. The first-order valence-corrected chi connectivity index (χ1v) is 11.7. The third kappa shape index (κ3) is 5.68.